The molecule has 1 heterocycles. The second-order valence-electron chi connectivity index (χ2n) is 5.14. The number of aliphatic hydroxyl groups excluding tert-OH is 1. The zero-order valence-corrected chi connectivity index (χ0v) is 12.1. The number of rotatable bonds is 6. The third-order valence-electron chi connectivity index (χ3n) is 3.12. The van der Waals surface area contributed by atoms with Gasteiger partial charge in [0.1, 0.15) is 0 Å². The summed E-state index contributed by atoms with van der Waals surface area (Å²) in [6.07, 6.45) is 0.772. The van der Waals surface area contributed by atoms with E-state index < -0.39 is 34.2 Å². The molecule has 1 aliphatic heterocycles. The quantitative estimate of drug-likeness (QED) is 0.627. The van der Waals surface area contributed by atoms with Gasteiger partial charge in [-0.15, -0.1) is 0 Å². The summed E-state index contributed by atoms with van der Waals surface area (Å²) in [4.78, 5) is 10.9. The summed E-state index contributed by atoms with van der Waals surface area (Å²) in [6.45, 7) is 3.60. The van der Waals surface area contributed by atoms with E-state index in [1.807, 2.05) is 0 Å². The van der Waals surface area contributed by atoms with Gasteiger partial charge in [0.25, 0.3) is 10.2 Å². The van der Waals surface area contributed by atoms with E-state index in [1.165, 1.54) is 4.31 Å². The minimum absolute atomic E-state index is 0.00602. The fourth-order valence-corrected chi connectivity index (χ4v) is 3.75. The maximum atomic E-state index is 12.1. The number of carbonyl (C=O) groups is 1. The molecule has 1 rings (SSSR count). The molecule has 3 N–H and O–H groups in total. The van der Waals surface area contributed by atoms with Crippen LogP contribution in [0.3, 0.4) is 0 Å². The van der Waals surface area contributed by atoms with E-state index in [-0.39, 0.29) is 6.54 Å². The van der Waals surface area contributed by atoms with Crippen LogP contribution in [0.15, 0.2) is 0 Å². The number of nitrogens with one attached hydrogen (secondary N) is 1. The fourth-order valence-electron chi connectivity index (χ4n) is 2.25. The molecule has 0 aliphatic carbocycles. The molecule has 3 unspecified atom stereocenters. The van der Waals surface area contributed by atoms with Gasteiger partial charge in [-0.05, 0) is 33.1 Å². The first-order chi connectivity index (χ1) is 8.72. The van der Waals surface area contributed by atoms with Gasteiger partial charge in [0, 0.05) is 19.1 Å². The third-order valence-corrected chi connectivity index (χ3v) is 4.83. The number of aliphatic carboxylic acids is 1. The Bertz CT molecular complexity index is 409. The summed E-state index contributed by atoms with van der Waals surface area (Å²) in [7, 11) is -3.69. The number of aliphatic hydroxyl groups is 1. The van der Waals surface area contributed by atoms with E-state index >= 15 is 0 Å². The van der Waals surface area contributed by atoms with Crippen molar-refractivity contribution in [3.8, 4) is 0 Å². The molecule has 8 heteroatoms. The van der Waals surface area contributed by atoms with Gasteiger partial charge >= 0.3 is 5.97 Å². The summed E-state index contributed by atoms with van der Waals surface area (Å²) in [5.41, 5.74) is 0. The van der Waals surface area contributed by atoms with Crippen molar-refractivity contribution < 1.29 is 23.4 Å². The number of nitrogens with zero attached hydrogens (tertiary/aromatic N) is 1. The van der Waals surface area contributed by atoms with Crippen LogP contribution < -0.4 is 4.72 Å². The molecule has 0 aromatic heterocycles. The number of hydrogen-bond acceptors (Lipinski definition) is 4. The van der Waals surface area contributed by atoms with Gasteiger partial charge in [0.15, 0.2) is 0 Å². The highest BCUT2D eigenvalue weighted by Gasteiger charge is 2.32. The SMILES string of the molecule is CC(O)CC(C)NS(=O)(=O)N1CCCC(C(=O)O)C1. The number of hydrogen-bond donors (Lipinski definition) is 3. The van der Waals surface area contributed by atoms with Crippen LogP contribution in [0.25, 0.3) is 0 Å². The smallest absolute Gasteiger partial charge is 0.307 e. The topological polar surface area (TPSA) is 107 Å². The van der Waals surface area contributed by atoms with Crippen molar-refractivity contribution in [1.82, 2.24) is 9.03 Å². The highest BCUT2D eigenvalue weighted by Crippen LogP contribution is 2.19. The predicted octanol–water partition coefficient (Wildman–Crippen LogP) is -0.223. The Labute approximate surface area is 113 Å². The lowest BCUT2D eigenvalue weighted by atomic mass is 10.0. The minimum atomic E-state index is -3.69. The van der Waals surface area contributed by atoms with E-state index in [0.717, 1.165) is 0 Å². The maximum Gasteiger partial charge on any atom is 0.307 e. The van der Waals surface area contributed by atoms with E-state index in [9.17, 15) is 18.3 Å². The van der Waals surface area contributed by atoms with Crippen LogP contribution in [0.4, 0.5) is 0 Å². The van der Waals surface area contributed by atoms with E-state index in [1.54, 1.807) is 13.8 Å². The standard InChI is InChI=1S/C11H22N2O5S/c1-8(6-9(2)14)12-19(17,18)13-5-3-4-10(7-13)11(15)16/h8-10,12,14H,3-7H2,1-2H3,(H,15,16). The number of piperidine rings is 1. The van der Waals surface area contributed by atoms with Crippen LogP contribution in [0.1, 0.15) is 33.1 Å². The monoisotopic (exact) mass is 294 g/mol. The third kappa shape index (κ3) is 5.06. The molecule has 0 aromatic rings. The average molecular weight is 294 g/mol. The van der Waals surface area contributed by atoms with Crippen molar-refractivity contribution in [3.63, 3.8) is 0 Å². The molecule has 0 saturated carbocycles. The van der Waals surface area contributed by atoms with Crippen molar-refractivity contribution in [2.24, 2.45) is 5.92 Å². The summed E-state index contributed by atoms with van der Waals surface area (Å²) < 4.78 is 27.8. The lowest BCUT2D eigenvalue weighted by Gasteiger charge is -2.31. The van der Waals surface area contributed by atoms with Gasteiger partial charge in [-0.25, -0.2) is 0 Å². The fraction of sp³-hybridized carbons (Fsp3) is 0.909. The Morgan fingerprint density at radius 2 is 2.11 bits per heavy atom. The highest BCUT2D eigenvalue weighted by atomic mass is 32.2. The molecule has 3 atom stereocenters. The lowest BCUT2D eigenvalue weighted by molar-refractivity contribution is -0.142. The Hall–Kier alpha value is -0.700. The number of carboxylic acids is 1. The zero-order valence-electron chi connectivity index (χ0n) is 11.2. The first-order valence-electron chi connectivity index (χ1n) is 6.40. The van der Waals surface area contributed by atoms with Crippen LogP contribution in [0.5, 0.6) is 0 Å². The van der Waals surface area contributed by atoms with Crippen LogP contribution in [-0.4, -0.2) is 54.1 Å². The first kappa shape index (κ1) is 16.4. The minimum Gasteiger partial charge on any atom is -0.481 e. The van der Waals surface area contributed by atoms with Gasteiger partial charge in [0.2, 0.25) is 0 Å². The van der Waals surface area contributed by atoms with Crippen molar-refractivity contribution in [1.29, 1.82) is 0 Å². The Kier molecular flexibility index (Phi) is 5.72. The van der Waals surface area contributed by atoms with Gasteiger partial charge in [-0.2, -0.15) is 17.4 Å². The van der Waals surface area contributed by atoms with Crippen molar-refractivity contribution in [2.45, 2.75) is 45.3 Å². The van der Waals surface area contributed by atoms with Crippen molar-refractivity contribution in [3.05, 3.63) is 0 Å². The molecule has 1 fully saturated rings. The second-order valence-corrected chi connectivity index (χ2v) is 6.85. The normalized spacial score (nSPS) is 24.9. The molecule has 0 amide bonds. The van der Waals surface area contributed by atoms with Crippen LogP contribution in [-0.2, 0) is 15.0 Å². The molecule has 1 saturated heterocycles. The summed E-state index contributed by atoms with van der Waals surface area (Å²) in [5, 5.41) is 18.2. The summed E-state index contributed by atoms with van der Waals surface area (Å²) >= 11 is 0. The van der Waals surface area contributed by atoms with Gasteiger partial charge in [0.05, 0.1) is 12.0 Å². The lowest BCUT2D eigenvalue weighted by Crippen LogP contribution is -2.49. The molecule has 7 nitrogen and oxygen atoms in total. The molecule has 0 radical (unpaired) electrons. The molecule has 0 bridgehead atoms. The molecular weight excluding hydrogens is 272 g/mol. The summed E-state index contributed by atoms with van der Waals surface area (Å²) in [6, 6.07) is -0.393. The Balaban J connectivity index is 2.64. The van der Waals surface area contributed by atoms with Gasteiger partial charge in [-0.1, -0.05) is 0 Å². The molecule has 0 aromatic carbocycles. The largest absolute Gasteiger partial charge is 0.481 e. The van der Waals surface area contributed by atoms with Gasteiger partial charge in [-0.3, -0.25) is 4.79 Å². The average Bonchev–Trinajstić information content (AvgIpc) is 2.27. The molecule has 0 spiro atoms. The second kappa shape index (κ2) is 6.65. The molecule has 19 heavy (non-hydrogen) atoms. The highest BCUT2D eigenvalue weighted by molar-refractivity contribution is 7.87. The first-order valence-corrected chi connectivity index (χ1v) is 7.84. The van der Waals surface area contributed by atoms with E-state index in [0.29, 0.717) is 25.8 Å². The summed E-state index contributed by atoms with van der Waals surface area (Å²) in [5.74, 6) is -1.60. The predicted molar refractivity (Wildman–Crippen MR) is 69.7 cm³/mol. The van der Waals surface area contributed by atoms with Crippen LogP contribution in [0, 0.1) is 5.92 Å². The van der Waals surface area contributed by atoms with Crippen LogP contribution in [0.2, 0.25) is 0 Å². The number of carboxylic acid groups (broad SMARTS) is 1. The van der Waals surface area contributed by atoms with E-state index in [2.05, 4.69) is 4.72 Å². The Morgan fingerprint density at radius 3 is 2.63 bits per heavy atom. The van der Waals surface area contributed by atoms with Gasteiger partial charge < -0.3 is 10.2 Å². The molecule has 112 valence electrons. The molecular formula is C11H22N2O5S. The molecule has 1 aliphatic rings. The zero-order chi connectivity index (χ0) is 14.6. The van der Waals surface area contributed by atoms with Crippen molar-refractivity contribution in [2.75, 3.05) is 13.1 Å². The van der Waals surface area contributed by atoms with Crippen LogP contribution >= 0.6 is 0 Å². The van der Waals surface area contributed by atoms with Crippen molar-refractivity contribution >= 4 is 16.2 Å². The Morgan fingerprint density at radius 1 is 1.47 bits per heavy atom. The maximum absolute atomic E-state index is 12.1. The van der Waals surface area contributed by atoms with E-state index in [4.69, 9.17) is 5.11 Å².